The van der Waals surface area contributed by atoms with Crippen LogP contribution in [-0.2, 0) is 0 Å². The SMILES string of the molecule is Cc1nsc(NC(=O)c2cc(O)cc(OC(C)C)c2)n1. The highest BCUT2D eigenvalue weighted by molar-refractivity contribution is 7.09. The van der Waals surface area contributed by atoms with Crippen molar-refractivity contribution < 1.29 is 14.6 Å². The van der Waals surface area contributed by atoms with Gasteiger partial charge in [0.1, 0.15) is 17.3 Å². The number of amides is 1. The van der Waals surface area contributed by atoms with E-state index in [-0.39, 0.29) is 17.8 Å². The maximum absolute atomic E-state index is 12.1. The molecular formula is C13H15N3O3S. The summed E-state index contributed by atoms with van der Waals surface area (Å²) in [6.45, 7) is 5.48. The number of aryl methyl sites for hydroxylation is 1. The van der Waals surface area contributed by atoms with Crippen LogP contribution >= 0.6 is 11.5 Å². The van der Waals surface area contributed by atoms with E-state index >= 15 is 0 Å². The minimum absolute atomic E-state index is 0.0262. The highest BCUT2D eigenvalue weighted by atomic mass is 32.1. The highest BCUT2D eigenvalue weighted by Gasteiger charge is 2.12. The molecule has 0 unspecified atom stereocenters. The number of hydrogen-bond donors (Lipinski definition) is 2. The maximum atomic E-state index is 12.1. The smallest absolute Gasteiger partial charge is 0.257 e. The lowest BCUT2D eigenvalue weighted by Gasteiger charge is -2.11. The Morgan fingerprint density at radius 2 is 2.15 bits per heavy atom. The Morgan fingerprint density at radius 1 is 1.40 bits per heavy atom. The van der Waals surface area contributed by atoms with Gasteiger partial charge < -0.3 is 9.84 Å². The molecule has 1 aromatic heterocycles. The number of phenolic OH excluding ortho intramolecular Hbond substituents is 1. The third kappa shape index (κ3) is 3.67. The summed E-state index contributed by atoms with van der Waals surface area (Å²) in [6, 6.07) is 4.41. The molecule has 0 radical (unpaired) electrons. The Balaban J connectivity index is 2.18. The first-order valence-electron chi connectivity index (χ1n) is 6.06. The van der Waals surface area contributed by atoms with Gasteiger partial charge in [0.25, 0.3) is 5.91 Å². The first-order chi connectivity index (χ1) is 9.44. The Hall–Kier alpha value is -2.15. The molecule has 2 aromatic rings. The van der Waals surface area contributed by atoms with E-state index in [9.17, 15) is 9.90 Å². The molecule has 0 saturated heterocycles. The van der Waals surface area contributed by atoms with Gasteiger partial charge in [-0.05, 0) is 32.9 Å². The number of ether oxygens (including phenoxy) is 1. The van der Waals surface area contributed by atoms with Crippen molar-refractivity contribution >= 4 is 22.6 Å². The normalized spacial score (nSPS) is 10.6. The zero-order valence-corrected chi connectivity index (χ0v) is 12.2. The number of phenols is 1. The van der Waals surface area contributed by atoms with Gasteiger partial charge in [-0.25, -0.2) is 4.98 Å². The summed E-state index contributed by atoms with van der Waals surface area (Å²) in [5, 5.41) is 12.7. The molecule has 0 atom stereocenters. The van der Waals surface area contributed by atoms with Crippen molar-refractivity contribution in [3.63, 3.8) is 0 Å². The van der Waals surface area contributed by atoms with Crippen molar-refractivity contribution in [1.82, 2.24) is 9.36 Å². The summed E-state index contributed by atoms with van der Waals surface area (Å²) in [5.74, 6) is 0.649. The molecule has 0 bridgehead atoms. The van der Waals surface area contributed by atoms with Crippen molar-refractivity contribution in [3.05, 3.63) is 29.6 Å². The molecule has 1 heterocycles. The molecule has 2 N–H and O–H groups in total. The molecule has 0 spiro atoms. The fraction of sp³-hybridized carbons (Fsp3) is 0.308. The molecular weight excluding hydrogens is 278 g/mol. The van der Waals surface area contributed by atoms with Crippen molar-refractivity contribution in [2.45, 2.75) is 26.9 Å². The molecule has 0 fully saturated rings. The minimum atomic E-state index is -0.370. The zero-order chi connectivity index (χ0) is 14.7. The van der Waals surface area contributed by atoms with Crippen LogP contribution in [0.4, 0.5) is 5.13 Å². The second kappa shape index (κ2) is 5.87. The lowest BCUT2D eigenvalue weighted by Crippen LogP contribution is -2.12. The lowest BCUT2D eigenvalue weighted by atomic mass is 10.2. The largest absolute Gasteiger partial charge is 0.508 e. The fourth-order valence-corrected chi connectivity index (χ4v) is 2.14. The summed E-state index contributed by atoms with van der Waals surface area (Å²) < 4.78 is 9.45. The topological polar surface area (TPSA) is 84.3 Å². The fourth-order valence-electron chi connectivity index (χ4n) is 1.57. The summed E-state index contributed by atoms with van der Waals surface area (Å²) >= 11 is 1.10. The van der Waals surface area contributed by atoms with Gasteiger partial charge in [0, 0.05) is 23.2 Å². The van der Waals surface area contributed by atoms with Gasteiger partial charge in [0.05, 0.1) is 6.10 Å². The molecule has 0 aliphatic heterocycles. The van der Waals surface area contributed by atoms with Crippen LogP contribution in [0.25, 0.3) is 0 Å². The van der Waals surface area contributed by atoms with Gasteiger partial charge >= 0.3 is 0 Å². The van der Waals surface area contributed by atoms with Crippen LogP contribution in [0.5, 0.6) is 11.5 Å². The van der Waals surface area contributed by atoms with Crippen molar-refractivity contribution in [1.29, 1.82) is 0 Å². The number of anilines is 1. The Bertz CT molecular complexity index is 625. The van der Waals surface area contributed by atoms with Gasteiger partial charge in [-0.15, -0.1) is 0 Å². The number of hydrogen-bond acceptors (Lipinski definition) is 6. The number of carbonyl (C=O) groups excluding carboxylic acids is 1. The van der Waals surface area contributed by atoms with Gasteiger partial charge in [-0.3, -0.25) is 10.1 Å². The number of nitrogens with one attached hydrogen (secondary N) is 1. The Kier molecular flexibility index (Phi) is 4.19. The van der Waals surface area contributed by atoms with Crippen molar-refractivity contribution in [2.75, 3.05) is 5.32 Å². The predicted molar refractivity (Wildman–Crippen MR) is 76.5 cm³/mol. The van der Waals surface area contributed by atoms with E-state index in [2.05, 4.69) is 14.7 Å². The van der Waals surface area contributed by atoms with Crippen LogP contribution in [-0.4, -0.2) is 26.5 Å². The molecule has 0 saturated carbocycles. The number of nitrogens with zero attached hydrogens (tertiary/aromatic N) is 2. The van der Waals surface area contributed by atoms with Gasteiger partial charge in [-0.2, -0.15) is 4.37 Å². The van der Waals surface area contributed by atoms with Crippen molar-refractivity contribution in [3.8, 4) is 11.5 Å². The van der Waals surface area contributed by atoms with Crippen LogP contribution in [0.3, 0.4) is 0 Å². The monoisotopic (exact) mass is 293 g/mol. The molecule has 1 amide bonds. The van der Waals surface area contributed by atoms with Crippen LogP contribution in [0.2, 0.25) is 0 Å². The summed E-state index contributed by atoms with van der Waals surface area (Å²) in [4.78, 5) is 16.1. The summed E-state index contributed by atoms with van der Waals surface area (Å²) in [7, 11) is 0. The maximum Gasteiger partial charge on any atom is 0.257 e. The molecule has 6 nitrogen and oxygen atoms in total. The quantitative estimate of drug-likeness (QED) is 0.905. The second-order valence-electron chi connectivity index (χ2n) is 4.48. The van der Waals surface area contributed by atoms with Gasteiger partial charge in [0.2, 0.25) is 5.13 Å². The Labute approximate surface area is 120 Å². The average molecular weight is 293 g/mol. The Morgan fingerprint density at radius 3 is 2.75 bits per heavy atom. The average Bonchev–Trinajstić information content (AvgIpc) is 2.73. The number of carbonyl (C=O) groups is 1. The first kappa shape index (κ1) is 14.3. The van der Waals surface area contributed by atoms with E-state index in [0.717, 1.165) is 11.5 Å². The second-order valence-corrected chi connectivity index (χ2v) is 5.23. The number of benzene rings is 1. The number of aromatic nitrogens is 2. The highest BCUT2D eigenvalue weighted by Crippen LogP contribution is 2.23. The molecule has 0 aliphatic rings. The van der Waals surface area contributed by atoms with Crippen LogP contribution in [0.1, 0.15) is 30.0 Å². The molecule has 106 valence electrons. The van der Waals surface area contributed by atoms with Crippen LogP contribution < -0.4 is 10.1 Å². The molecule has 7 heteroatoms. The molecule has 1 aromatic carbocycles. The predicted octanol–water partition coefficient (Wildman–Crippen LogP) is 2.59. The third-order valence-electron chi connectivity index (χ3n) is 2.27. The lowest BCUT2D eigenvalue weighted by molar-refractivity contribution is 0.102. The van der Waals surface area contributed by atoms with Gasteiger partial charge in [-0.1, -0.05) is 0 Å². The minimum Gasteiger partial charge on any atom is -0.508 e. The van der Waals surface area contributed by atoms with E-state index in [1.54, 1.807) is 13.0 Å². The summed E-state index contributed by atoms with van der Waals surface area (Å²) in [5.41, 5.74) is 0.300. The third-order valence-corrected chi connectivity index (χ3v) is 3.00. The van der Waals surface area contributed by atoms with Crippen LogP contribution in [0.15, 0.2) is 18.2 Å². The first-order valence-corrected chi connectivity index (χ1v) is 6.84. The molecule has 0 aliphatic carbocycles. The zero-order valence-electron chi connectivity index (χ0n) is 11.4. The standard InChI is InChI=1S/C13H15N3O3S/c1-7(2)19-11-5-9(4-10(17)6-11)12(18)15-13-14-8(3)16-20-13/h4-7,17H,1-3H3,(H,14,15,16,18). The number of aromatic hydroxyl groups is 1. The number of rotatable bonds is 4. The van der Waals surface area contributed by atoms with E-state index in [1.807, 2.05) is 13.8 Å². The van der Waals surface area contributed by atoms with Crippen LogP contribution in [0, 0.1) is 6.92 Å². The van der Waals surface area contributed by atoms with E-state index in [0.29, 0.717) is 22.3 Å². The molecule has 2 rings (SSSR count). The van der Waals surface area contributed by atoms with E-state index in [1.165, 1.54) is 12.1 Å². The summed E-state index contributed by atoms with van der Waals surface area (Å²) in [6.07, 6.45) is -0.0430. The molecule has 20 heavy (non-hydrogen) atoms. The van der Waals surface area contributed by atoms with Crippen molar-refractivity contribution in [2.24, 2.45) is 0 Å². The van der Waals surface area contributed by atoms with E-state index in [4.69, 9.17) is 4.74 Å². The van der Waals surface area contributed by atoms with Gasteiger partial charge in [0.15, 0.2) is 0 Å². The van der Waals surface area contributed by atoms with E-state index < -0.39 is 0 Å².